The molecule has 0 aliphatic heterocycles. The first kappa shape index (κ1) is 12.1. The highest BCUT2D eigenvalue weighted by atomic mass is 35.5. The first-order valence-corrected chi connectivity index (χ1v) is 3.73. The topological polar surface area (TPSA) is 52.3 Å². The van der Waals surface area contributed by atoms with Crippen LogP contribution in [-0.4, -0.2) is 12.5 Å². The van der Waals surface area contributed by atoms with E-state index in [4.69, 9.17) is 22.1 Å². The summed E-state index contributed by atoms with van der Waals surface area (Å²) in [5.41, 5.74) is 4.88. The lowest BCUT2D eigenvalue weighted by Gasteiger charge is -2.04. The molecule has 72 valence electrons. The number of carbonyl (C=O) groups is 1. The third-order valence-electron chi connectivity index (χ3n) is 1.21. The highest BCUT2D eigenvalue weighted by molar-refractivity contribution is 6.32. The fourth-order valence-corrected chi connectivity index (χ4v) is 0.901. The van der Waals surface area contributed by atoms with Crippen LogP contribution in [0.25, 0.3) is 0 Å². The Bertz CT molecular complexity index is 291. The summed E-state index contributed by atoms with van der Waals surface area (Å²) in [5.74, 6) is -0.0483. The second kappa shape index (κ2) is 5.67. The first-order chi connectivity index (χ1) is 5.70. The van der Waals surface area contributed by atoms with Gasteiger partial charge in [0.25, 0.3) is 5.91 Å². The third kappa shape index (κ3) is 4.01. The summed E-state index contributed by atoms with van der Waals surface area (Å²) in [6.45, 7) is -0.149. The Balaban J connectivity index is 0.00000144. The van der Waals surface area contributed by atoms with Gasteiger partial charge in [-0.25, -0.2) is 0 Å². The molecule has 0 spiro atoms. The maximum Gasteiger partial charge on any atom is 0.255 e. The van der Waals surface area contributed by atoms with Crippen molar-refractivity contribution in [3.63, 3.8) is 0 Å². The number of amides is 1. The molecule has 0 heterocycles. The molecule has 0 atom stereocenters. The van der Waals surface area contributed by atoms with Crippen molar-refractivity contribution in [3.8, 4) is 5.75 Å². The number of para-hydroxylation sites is 1. The largest absolute Gasteiger partial charge is 0.482 e. The number of rotatable bonds is 3. The number of benzene rings is 1. The summed E-state index contributed by atoms with van der Waals surface area (Å²) < 4.78 is 4.99. The maximum absolute atomic E-state index is 10.3. The smallest absolute Gasteiger partial charge is 0.255 e. The molecule has 5 heteroatoms. The molecule has 0 aliphatic rings. The van der Waals surface area contributed by atoms with Crippen LogP contribution in [0.3, 0.4) is 0 Å². The number of carbonyl (C=O) groups excluding carboxylic acids is 1. The summed E-state index contributed by atoms with van der Waals surface area (Å²) in [7, 11) is 0. The van der Waals surface area contributed by atoms with Crippen molar-refractivity contribution >= 4 is 29.9 Å². The highest BCUT2D eigenvalue weighted by Gasteiger charge is 2.00. The molecule has 0 aliphatic carbocycles. The minimum atomic E-state index is -0.519. The van der Waals surface area contributed by atoms with Crippen LogP contribution in [0, 0.1) is 0 Å². The Morgan fingerprint density at radius 1 is 1.46 bits per heavy atom. The average Bonchev–Trinajstić information content (AvgIpc) is 2.03. The second-order valence-corrected chi connectivity index (χ2v) is 2.59. The lowest BCUT2D eigenvalue weighted by molar-refractivity contribution is -0.119. The SMILES string of the molecule is Cl.NC(=O)COc1ccccc1Cl. The number of ether oxygens (including phenoxy) is 1. The molecule has 0 unspecified atom stereocenters. The van der Waals surface area contributed by atoms with Crippen LogP contribution in [0.15, 0.2) is 24.3 Å². The van der Waals surface area contributed by atoms with E-state index in [0.29, 0.717) is 10.8 Å². The zero-order valence-corrected chi connectivity index (χ0v) is 8.27. The fraction of sp³-hybridized carbons (Fsp3) is 0.125. The lowest BCUT2D eigenvalue weighted by atomic mass is 10.3. The van der Waals surface area contributed by atoms with Crippen molar-refractivity contribution in [3.05, 3.63) is 29.3 Å². The van der Waals surface area contributed by atoms with Gasteiger partial charge in [0.1, 0.15) is 5.75 Å². The Hall–Kier alpha value is -0.930. The predicted molar refractivity (Wildman–Crippen MR) is 53.4 cm³/mol. The van der Waals surface area contributed by atoms with E-state index in [1.807, 2.05) is 0 Å². The average molecular weight is 222 g/mol. The molecule has 0 fully saturated rings. The molecule has 1 aromatic rings. The molecular weight excluding hydrogens is 213 g/mol. The van der Waals surface area contributed by atoms with Crippen LogP contribution in [0.1, 0.15) is 0 Å². The van der Waals surface area contributed by atoms with Crippen LogP contribution < -0.4 is 10.5 Å². The van der Waals surface area contributed by atoms with Gasteiger partial charge in [-0.15, -0.1) is 12.4 Å². The van der Waals surface area contributed by atoms with E-state index in [-0.39, 0.29) is 19.0 Å². The van der Waals surface area contributed by atoms with Crippen LogP contribution >= 0.6 is 24.0 Å². The molecule has 0 saturated carbocycles. The Kier molecular flexibility index (Phi) is 5.26. The molecule has 1 rings (SSSR count). The second-order valence-electron chi connectivity index (χ2n) is 2.19. The van der Waals surface area contributed by atoms with Gasteiger partial charge in [-0.3, -0.25) is 4.79 Å². The first-order valence-electron chi connectivity index (χ1n) is 3.36. The number of primary amides is 1. The number of hydrogen-bond acceptors (Lipinski definition) is 2. The van der Waals surface area contributed by atoms with Crippen molar-refractivity contribution in [1.82, 2.24) is 0 Å². The Morgan fingerprint density at radius 3 is 2.62 bits per heavy atom. The normalized spacial score (nSPS) is 8.69. The van der Waals surface area contributed by atoms with Crippen LogP contribution in [0.4, 0.5) is 0 Å². The molecule has 13 heavy (non-hydrogen) atoms. The minimum absolute atomic E-state index is 0. The van der Waals surface area contributed by atoms with Crippen molar-refractivity contribution in [2.24, 2.45) is 5.73 Å². The lowest BCUT2D eigenvalue weighted by Crippen LogP contribution is -2.20. The predicted octanol–water partition coefficient (Wildman–Crippen LogP) is 1.63. The molecule has 2 N–H and O–H groups in total. The highest BCUT2D eigenvalue weighted by Crippen LogP contribution is 2.22. The van der Waals surface area contributed by atoms with Gasteiger partial charge in [-0.2, -0.15) is 0 Å². The molecule has 1 aromatic carbocycles. The quantitative estimate of drug-likeness (QED) is 0.844. The van der Waals surface area contributed by atoms with Gasteiger partial charge < -0.3 is 10.5 Å². The Morgan fingerprint density at radius 2 is 2.08 bits per heavy atom. The van der Waals surface area contributed by atoms with E-state index in [9.17, 15) is 4.79 Å². The summed E-state index contributed by atoms with van der Waals surface area (Å²) in [4.78, 5) is 10.3. The monoisotopic (exact) mass is 221 g/mol. The van der Waals surface area contributed by atoms with Gasteiger partial charge in [0, 0.05) is 0 Å². The van der Waals surface area contributed by atoms with Gasteiger partial charge in [-0.05, 0) is 12.1 Å². The summed E-state index contributed by atoms with van der Waals surface area (Å²) >= 11 is 5.73. The van der Waals surface area contributed by atoms with E-state index >= 15 is 0 Å². The summed E-state index contributed by atoms with van der Waals surface area (Å²) in [6, 6.07) is 6.89. The fourth-order valence-electron chi connectivity index (χ4n) is 0.711. The molecule has 0 aromatic heterocycles. The number of halogens is 2. The third-order valence-corrected chi connectivity index (χ3v) is 1.52. The van der Waals surface area contributed by atoms with E-state index < -0.39 is 5.91 Å². The van der Waals surface area contributed by atoms with Crippen molar-refractivity contribution < 1.29 is 9.53 Å². The van der Waals surface area contributed by atoms with Crippen LogP contribution in [0.5, 0.6) is 5.75 Å². The number of hydrogen-bond donors (Lipinski definition) is 1. The molecule has 1 amide bonds. The van der Waals surface area contributed by atoms with Gasteiger partial charge in [-0.1, -0.05) is 23.7 Å². The zero-order chi connectivity index (χ0) is 8.97. The Labute approximate surface area is 87.2 Å². The van der Waals surface area contributed by atoms with Crippen LogP contribution in [-0.2, 0) is 4.79 Å². The van der Waals surface area contributed by atoms with Crippen molar-refractivity contribution in [1.29, 1.82) is 0 Å². The molecular formula is C8H9Cl2NO2. The summed E-state index contributed by atoms with van der Waals surface area (Å²) in [5, 5.41) is 0.471. The zero-order valence-electron chi connectivity index (χ0n) is 6.70. The molecule has 0 bridgehead atoms. The van der Waals surface area contributed by atoms with Gasteiger partial charge in [0.15, 0.2) is 6.61 Å². The van der Waals surface area contributed by atoms with Crippen LogP contribution in [0.2, 0.25) is 5.02 Å². The van der Waals surface area contributed by atoms with E-state index in [1.165, 1.54) is 0 Å². The van der Waals surface area contributed by atoms with Crippen molar-refractivity contribution in [2.75, 3.05) is 6.61 Å². The van der Waals surface area contributed by atoms with Gasteiger partial charge in [0.2, 0.25) is 0 Å². The molecule has 0 radical (unpaired) electrons. The van der Waals surface area contributed by atoms with E-state index in [2.05, 4.69) is 0 Å². The van der Waals surface area contributed by atoms with E-state index in [0.717, 1.165) is 0 Å². The van der Waals surface area contributed by atoms with E-state index in [1.54, 1.807) is 24.3 Å². The van der Waals surface area contributed by atoms with Crippen molar-refractivity contribution in [2.45, 2.75) is 0 Å². The minimum Gasteiger partial charge on any atom is -0.482 e. The number of nitrogens with two attached hydrogens (primary N) is 1. The standard InChI is InChI=1S/C8H8ClNO2.ClH/c9-6-3-1-2-4-7(6)12-5-8(10)11;/h1-4H,5H2,(H2,10,11);1H. The molecule has 0 saturated heterocycles. The summed E-state index contributed by atoms with van der Waals surface area (Å²) in [6.07, 6.45) is 0. The maximum atomic E-state index is 10.3. The molecule has 3 nitrogen and oxygen atoms in total. The van der Waals surface area contributed by atoms with Gasteiger partial charge >= 0.3 is 0 Å². The van der Waals surface area contributed by atoms with Gasteiger partial charge in [0.05, 0.1) is 5.02 Å².